The predicted molar refractivity (Wildman–Crippen MR) is 110 cm³/mol. The molecule has 0 saturated carbocycles. The second kappa shape index (κ2) is 10.1. The number of methoxy groups -OCH3 is 3. The van der Waals surface area contributed by atoms with E-state index in [0.29, 0.717) is 29.4 Å². The van der Waals surface area contributed by atoms with Gasteiger partial charge >= 0.3 is 0 Å². The van der Waals surface area contributed by atoms with Crippen molar-refractivity contribution in [2.75, 3.05) is 47.6 Å². The summed E-state index contributed by atoms with van der Waals surface area (Å²) in [5.41, 5.74) is 2.61. The zero-order valence-electron chi connectivity index (χ0n) is 17.2. The minimum absolute atomic E-state index is 0.139. The maximum Gasteiger partial charge on any atom is 0.251 e. The molecule has 1 aliphatic heterocycles. The molecule has 0 unspecified atom stereocenters. The number of nitrogens with zero attached hydrogens (tertiary/aromatic N) is 1. The van der Waals surface area contributed by atoms with Gasteiger partial charge in [0.2, 0.25) is 5.75 Å². The van der Waals surface area contributed by atoms with Crippen LogP contribution in [0.4, 0.5) is 0 Å². The van der Waals surface area contributed by atoms with Gasteiger partial charge in [0.05, 0.1) is 34.5 Å². The van der Waals surface area contributed by atoms with Crippen molar-refractivity contribution in [1.29, 1.82) is 0 Å². The summed E-state index contributed by atoms with van der Waals surface area (Å²) in [6.07, 6.45) is 0. The first-order valence-corrected chi connectivity index (χ1v) is 9.61. The molecule has 7 heteroatoms. The van der Waals surface area contributed by atoms with E-state index < -0.39 is 0 Å². The van der Waals surface area contributed by atoms with Crippen LogP contribution in [0.25, 0.3) is 0 Å². The predicted octanol–water partition coefficient (Wildman–Crippen LogP) is 2.47. The Morgan fingerprint density at radius 3 is 2.28 bits per heavy atom. The second-order valence-corrected chi connectivity index (χ2v) is 6.76. The zero-order chi connectivity index (χ0) is 20.6. The summed E-state index contributed by atoms with van der Waals surface area (Å²) < 4.78 is 21.5. The van der Waals surface area contributed by atoms with Crippen molar-refractivity contribution >= 4 is 5.91 Å². The van der Waals surface area contributed by atoms with E-state index in [-0.39, 0.29) is 5.91 Å². The standard InChI is InChI=1S/C22H28N2O5/c1-26-19-9-8-18(20(27-2)21(19)28-3)14-23-22(25)17-6-4-16(5-7-17)15-24-10-12-29-13-11-24/h4-9H,10-15H2,1-3H3,(H,23,25). The minimum atomic E-state index is -0.139. The lowest BCUT2D eigenvalue weighted by molar-refractivity contribution is 0.0342. The molecule has 2 aromatic carbocycles. The molecule has 7 nitrogen and oxygen atoms in total. The van der Waals surface area contributed by atoms with Gasteiger partial charge in [-0.2, -0.15) is 0 Å². The molecule has 1 aliphatic rings. The third-order valence-electron chi connectivity index (χ3n) is 4.95. The van der Waals surface area contributed by atoms with Crippen LogP contribution in [0.5, 0.6) is 17.2 Å². The molecule has 0 aliphatic carbocycles. The molecule has 0 aromatic heterocycles. The van der Waals surface area contributed by atoms with Crippen LogP contribution in [0.3, 0.4) is 0 Å². The Morgan fingerprint density at radius 2 is 1.66 bits per heavy atom. The highest BCUT2D eigenvalue weighted by Gasteiger charge is 2.17. The Hall–Kier alpha value is -2.77. The summed E-state index contributed by atoms with van der Waals surface area (Å²) in [7, 11) is 4.69. The van der Waals surface area contributed by atoms with Gasteiger partial charge in [0.15, 0.2) is 11.5 Å². The SMILES string of the molecule is COc1ccc(CNC(=O)c2ccc(CN3CCOCC3)cc2)c(OC)c1OC. The third-order valence-corrected chi connectivity index (χ3v) is 4.95. The quantitative estimate of drug-likeness (QED) is 0.734. The molecular weight excluding hydrogens is 372 g/mol. The van der Waals surface area contributed by atoms with Crippen LogP contribution < -0.4 is 19.5 Å². The molecule has 1 fully saturated rings. The number of morpholine rings is 1. The van der Waals surface area contributed by atoms with Crippen LogP contribution in [0.15, 0.2) is 36.4 Å². The van der Waals surface area contributed by atoms with Crippen LogP contribution in [0.2, 0.25) is 0 Å². The van der Waals surface area contributed by atoms with E-state index in [4.69, 9.17) is 18.9 Å². The smallest absolute Gasteiger partial charge is 0.251 e. The van der Waals surface area contributed by atoms with Crippen molar-refractivity contribution in [2.24, 2.45) is 0 Å². The van der Waals surface area contributed by atoms with E-state index in [1.54, 1.807) is 27.4 Å². The van der Waals surface area contributed by atoms with E-state index >= 15 is 0 Å². The number of amides is 1. The number of rotatable bonds is 8. The lowest BCUT2D eigenvalue weighted by Crippen LogP contribution is -2.35. The Morgan fingerprint density at radius 1 is 0.966 bits per heavy atom. The molecule has 0 atom stereocenters. The monoisotopic (exact) mass is 400 g/mol. The van der Waals surface area contributed by atoms with E-state index in [9.17, 15) is 4.79 Å². The summed E-state index contributed by atoms with van der Waals surface area (Å²) in [6.45, 7) is 4.62. The van der Waals surface area contributed by atoms with E-state index in [1.165, 1.54) is 5.56 Å². The molecule has 1 N–H and O–H groups in total. The average Bonchev–Trinajstić information content (AvgIpc) is 2.77. The van der Waals surface area contributed by atoms with Gasteiger partial charge in [0.25, 0.3) is 5.91 Å². The summed E-state index contributed by atoms with van der Waals surface area (Å²) in [6, 6.07) is 11.4. The summed E-state index contributed by atoms with van der Waals surface area (Å²) in [5.74, 6) is 1.50. The van der Waals surface area contributed by atoms with Crippen molar-refractivity contribution in [3.63, 3.8) is 0 Å². The molecule has 156 valence electrons. The van der Waals surface area contributed by atoms with Crippen LogP contribution in [0, 0.1) is 0 Å². The number of carbonyl (C=O) groups is 1. The van der Waals surface area contributed by atoms with Crippen molar-refractivity contribution in [3.8, 4) is 17.2 Å². The Balaban J connectivity index is 1.62. The Labute approximate surface area is 171 Å². The second-order valence-electron chi connectivity index (χ2n) is 6.76. The molecule has 29 heavy (non-hydrogen) atoms. The highest BCUT2D eigenvalue weighted by atomic mass is 16.5. The molecule has 1 amide bonds. The fourth-order valence-electron chi connectivity index (χ4n) is 3.36. The van der Waals surface area contributed by atoms with Crippen molar-refractivity contribution < 1.29 is 23.7 Å². The lowest BCUT2D eigenvalue weighted by Gasteiger charge is -2.26. The van der Waals surface area contributed by atoms with Crippen LogP contribution >= 0.6 is 0 Å². The number of hydrogen-bond acceptors (Lipinski definition) is 6. The molecule has 3 rings (SSSR count). The van der Waals surface area contributed by atoms with Gasteiger partial charge in [-0.25, -0.2) is 0 Å². The van der Waals surface area contributed by atoms with Gasteiger partial charge in [-0.05, 0) is 29.8 Å². The van der Waals surface area contributed by atoms with Crippen molar-refractivity contribution in [3.05, 3.63) is 53.1 Å². The lowest BCUT2D eigenvalue weighted by atomic mass is 10.1. The highest BCUT2D eigenvalue weighted by molar-refractivity contribution is 5.94. The van der Waals surface area contributed by atoms with Gasteiger partial charge in [0.1, 0.15) is 0 Å². The number of ether oxygens (including phenoxy) is 4. The van der Waals surface area contributed by atoms with Crippen LogP contribution in [0.1, 0.15) is 21.5 Å². The largest absolute Gasteiger partial charge is 0.493 e. The summed E-state index contributed by atoms with van der Waals surface area (Å²) >= 11 is 0. The normalized spacial score (nSPS) is 14.3. The van der Waals surface area contributed by atoms with Gasteiger partial charge in [-0.15, -0.1) is 0 Å². The van der Waals surface area contributed by atoms with Crippen LogP contribution in [-0.2, 0) is 17.8 Å². The van der Waals surface area contributed by atoms with Gasteiger partial charge < -0.3 is 24.3 Å². The third kappa shape index (κ3) is 5.19. The van der Waals surface area contributed by atoms with E-state index in [2.05, 4.69) is 10.2 Å². The molecule has 1 saturated heterocycles. The van der Waals surface area contributed by atoms with Gasteiger partial charge in [-0.1, -0.05) is 12.1 Å². The number of carbonyl (C=O) groups excluding carboxylic acids is 1. The molecule has 1 heterocycles. The minimum Gasteiger partial charge on any atom is -0.493 e. The molecular formula is C22H28N2O5. The molecule has 2 aromatic rings. The maximum atomic E-state index is 12.6. The fourth-order valence-corrected chi connectivity index (χ4v) is 3.36. The van der Waals surface area contributed by atoms with Gasteiger partial charge in [0, 0.05) is 37.3 Å². The highest BCUT2D eigenvalue weighted by Crippen LogP contribution is 2.39. The van der Waals surface area contributed by atoms with E-state index in [1.807, 2.05) is 30.3 Å². The first kappa shape index (κ1) is 21.0. The van der Waals surface area contributed by atoms with Crippen molar-refractivity contribution in [2.45, 2.75) is 13.1 Å². The average molecular weight is 400 g/mol. The Kier molecular flexibility index (Phi) is 7.32. The maximum absolute atomic E-state index is 12.6. The molecule has 0 spiro atoms. The molecule has 0 radical (unpaired) electrons. The first-order chi connectivity index (χ1) is 14.2. The number of benzene rings is 2. The summed E-state index contributed by atoms with van der Waals surface area (Å²) in [4.78, 5) is 14.9. The van der Waals surface area contributed by atoms with E-state index in [0.717, 1.165) is 38.4 Å². The Bertz CT molecular complexity index is 817. The topological polar surface area (TPSA) is 69.3 Å². The number of nitrogens with one attached hydrogen (secondary N) is 1. The zero-order valence-corrected chi connectivity index (χ0v) is 17.2. The molecule has 0 bridgehead atoms. The number of hydrogen-bond donors (Lipinski definition) is 1. The summed E-state index contributed by atoms with van der Waals surface area (Å²) in [5, 5.41) is 2.94. The van der Waals surface area contributed by atoms with Crippen molar-refractivity contribution in [1.82, 2.24) is 10.2 Å². The van der Waals surface area contributed by atoms with Gasteiger partial charge in [-0.3, -0.25) is 9.69 Å². The fraction of sp³-hybridized carbons (Fsp3) is 0.409. The first-order valence-electron chi connectivity index (χ1n) is 9.61. The van der Waals surface area contributed by atoms with Crippen LogP contribution in [-0.4, -0.2) is 58.4 Å².